The van der Waals surface area contributed by atoms with Gasteiger partial charge in [0.05, 0.1) is 13.7 Å². The molecule has 1 aromatic carbocycles. The summed E-state index contributed by atoms with van der Waals surface area (Å²) in [6, 6.07) is 7.63. The molecule has 1 N–H and O–H groups in total. The third kappa shape index (κ3) is 3.73. The van der Waals surface area contributed by atoms with Gasteiger partial charge in [-0.25, -0.2) is 4.79 Å². The van der Waals surface area contributed by atoms with E-state index in [0.29, 0.717) is 12.8 Å². The smallest absolute Gasteiger partial charge is 0.338 e. The summed E-state index contributed by atoms with van der Waals surface area (Å²) in [7, 11) is 1.62. The highest BCUT2D eigenvalue weighted by atomic mass is 16.5. The lowest BCUT2D eigenvalue weighted by atomic mass is 9.82. The van der Waals surface area contributed by atoms with Crippen molar-refractivity contribution in [1.29, 1.82) is 0 Å². The molecule has 0 amide bonds. The highest BCUT2D eigenvalue weighted by molar-refractivity contribution is 5.79. The van der Waals surface area contributed by atoms with Crippen LogP contribution in [0.4, 0.5) is 0 Å². The normalized spacial score (nSPS) is 15.2. The largest absolute Gasteiger partial charge is 0.497 e. The van der Waals surface area contributed by atoms with E-state index in [0.717, 1.165) is 11.3 Å². The number of hydrogen-bond donors (Lipinski definition) is 1. The molecule has 0 aromatic heterocycles. The number of aliphatic hydroxyl groups is 1. The van der Waals surface area contributed by atoms with Gasteiger partial charge in [-0.3, -0.25) is 0 Å². The lowest BCUT2D eigenvalue weighted by Gasteiger charge is -2.30. The average Bonchev–Trinajstić information content (AvgIpc) is 2.47. The Balaban J connectivity index is 2.80. The molecular formula is C16H24O4. The van der Waals surface area contributed by atoms with E-state index in [4.69, 9.17) is 9.47 Å². The maximum absolute atomic E-state index is 11.9. The first-order valence-electron chi connectivity index (χ1n) is 7.00. The number of benzene rings is 1. The molecule has 0 aliphatic carbocycles. The molecule has 4 heteroatoms. The van der Waals surface area contributed by atoms with Crippen LogP contribution in [-0.4, -0.2) is 30.4 Å². The van der Waals surface area contributed by atoms with Crippen molar-refractivity contribution in [2.45, 2.75) is 39.2 Å². The van der Waals surface area contributed by atoms with Gasteiger partial charge in [0.2, 0.25) is 0 Å². The summed E-state index contributed by atoms with van der Waals surface area (Å²) in [4.78, 5) is 11.9. The number of rotatable bonds is 7. The summed E-state index contributed by atoms with van der Waals surface area (Å²) in [6.45, 7) is 5.67. The monoisotopic (exact) mass is 280 g/mol. The van der Waals surface area contributed by atoms with Crippen LogP contribution in [0.3, 0.4) is 0 Å². The van der Waals surface area contributed by atoms with Gasteiger partial charge in [-0.05, 0) is 43.4 Å². The zero-order valence-electron chi connectivity index (χ0n) is 12.7. The summed E-state index contributed by atoms with van der Waals surface area (Å²) in [6.07, 6.45) is 0.941. The summed E-state index contributed by atoms with van der Waals surface area (Å²) in [5.74, 6) is 0.0287. The molecule has 20 heavy (non-hydrogen) atoms. The van der Waals surface area contributed by atoms with Crippen molar-refractivity contribution < 1.29 is 19.4 Å². The van der Waals surface area contributed by atoms with Gasteiger partial charge in [0.15, 0.2) is 5.60 Å². The van der Waals surface area contributed by atoms with Gasteiger partial charge in [-0.2, -0.15) is 0 Å². The van der Waals surface area contributed by atoms with Crippen LogP contribution >= 0.6 is 0 Å². The number of hydrogen-bond acceptors (Lipinski definition) is 4. The summed E-state index contributed by atoms with van der Waals surface area (Å²) in [5, 5.41) is 10.6. The number of ether oxygens (including phenoxy) is 2. The van der Waals surface area contributed by atoms with Crippen molar-refractivity contribution in [1.82, 2.24) is 0 Å². The summed E-state index contributed by atoms with van der Waals surface area (Å²) >= 11 is 0. The second-order valence-corrected chi connectivity index (χ2v) is 4.95. The molecule has 0 saturated heterocycles. The van der Waals surface area contributed by atoms with Gasteiger partial charge in [0.1, 0.15) is 5.75 Å². The minimum Gasteiger partial charge on any atom is -0.497 e. The van der Waals surface area contributed by atoms with Crippen molar-refractivity contribution in [3.8, 4) is 5.75 Å². The van der Waals surface area contributed by atoms with E-state index < -0.39 is 11.6 Å². The van der Waals surface area contributed by atoms with Crippen LogP contribution in [0.5, 0.6) is 5.75 Å². The van der Waals surface area contributed by atoms with Crippen LogP contribution in [0.2, 0.25) is 0 Å². The molecule has 0 radical (unpaired) electrons. The van der Waals surface area contributed by atoms with Gasteiger partial charge < -0.3 is 14.6 Å². The van der Waals surface area contributed by atoms with Crippen LogP contribution in [0.1, 0.15) is 32.8 Å². The highest BCUT2D eigenvalue weighted by Gasteiger charge is 2.41. The van der Waals surface area contributed by atoms with Crippen LogP contribution in [-0.2, 0) is 16.0 Å². The molecule has 0 bridgehead atoms. The fourth-order valence-electron chi connectivity index (χ4n) is 2.23. The summed E-state index contributed by atoms with van der Waals surface area (Å²) < 4.78 is 10.1. The van der Waals surface area contributed by atoms with Gasteiger partial charge in [0.25, 0.3) is 0 Å². The third-order valence-electron chi connectivity index (χ3n) is 3.68. The zero-order valence-corrected chi connectivity index (χ0v) is 12.7. The molecule has 0 aliphatic heterocycles. The maximum Gasteiger partial charge on any atom is 0.338 e. The molecule has 0 aliphatic rings. The Labute approximate surface area is 120 Å². The predicted molar refractivity (Wildman–Crippen MR) is 77.7 cm³/mol. The van der Waals surface area contributed by atoms with Gasteiger partial charge in [0, 0.05) is 0 Å². The first-order valence-corrected chi connectivity index (χ1v) is 7.00. The molecule has 2 atom stereocenters. The second-order valence-electron chi connectivity index (χ2n) is 4.95. The molecule has 4 nitrogen and oxygen atoms in total. The van der Waals surface area contributed by atoms with Crippen molar-refractivity contribution in [3.63, 3.8) is 0 Å². The molecule has 1 aromatic rings. The minimum absolute atomic E-state index is 0.222. The Hall–Kier alpha value is -1.55. The number of carbonyl (C=O) groups excluding carboxylic acids is 1. The Bertz CT molecular complexity index is 427. The summed E-state index contributed by atoms with van der Waals surface area (Å²) in [5.41, 5.74) is -0.384. The van der Waals surface area contributed by atoms with Crippen molar-refractivity contribution >= 4 is 5.97 Å². The topological polar surface area (TPSA) is 55.8 Å². The van der Waals surface area contributed by atoms with E-state index in [2.05, 4.69) is 0 Å². The molecule has 0 saturated carbocycles. The van der Waals surface area contributed by atoms with Gasteiger partial charge in [-0.1, -0.05) is 26.0 Å². The van der Waals surface area contributed by atoms with E-state index >= 15 is 0 Å². The molecule has 112 valence electrons. The molecule has 0 fully saturated rings. The van der Waals surface area contributed by atoms with Crippen LogP contribution in [0, 0.1) is 5.92 Å². The predicted octanol–water partition coefficient (Wildman–Crippen LogP) is 2.58. The quantitative estimate of drug-likeness (QED) is 0.780. The van der Waals surface area contributed by atoms with E-state index in [1.165, 1.54) is 0 Å². The first kappa shape index (κ1) is 16.5. The fourth-order valence-corrected chi connectivity index (χ4v) is 2.23. The standard InChI is InChI=1S/C16H24O4/c1-5-16(18,15(17)20-6-2)12(3)11-13-7-9-14(19-4)10-8-13/h7-10,12,18H,5-6,11H2,1-4H3. The fraction of sp³-hybridized carbons (Fsp3) is 0.562. The molecule has 0 spiro atoms. The third-order valence-corrected chi connectivity index (χ3v) is 3.68. The Morgan fingerprint density at radius 3 is 2.35 bits per heavy atom. The van der Waals surface area contributed by atoms with Crippen LogP contribution in [0.15, 0.2) is 24.3 Å². The lowest BCUT2D eigenvalue weighted by Crippen LogP contribution is -2.46. The van der Waals surface area contributed by atoms with Crippen molar-refractivity contribution in [2.75, 3.05) is 13.7 Å². The average molecular weight is 280 g/mol. The number of methoxy groups -OCH3 is 1. The van der Waals surface area contributed by atoms with Crippen molar-refractivity contribution in [3.05, 3.63) is 29.8 Å². The van der Waals surface area contributed by atoms with E-state index in [9.17, 15) is 9.90 Å². The minimum atomic E-state index is -1.43. The highest BCUT2D eigenvalue weighted by Crippen LogP contribution is 2.27. The van der Waals surface area contributed by atoms with E-state index in [-0.39, 0.29) is 12.5 Å². The number of carbonyl (C=O) groups is 1. The van der Waals surface area contributed by atoms with E-state index in [1.54, 1.807) is 21.0 Å². The molecule has 2 unspecified atom stereocenters. The maximum atomic E-state index is 11.9. The lowest BCUT2D eigenvalue weighted by molar-refractivity contribution is -0.171. The van der Waals surface area contributed by atoms with Gasteiger partial charge >= 0.3 is 5.97 Å². The van der Waals surface area contributed by atoms with E-state index in [1.807, 2.05) is 31.2 Å². The van der Waals surface area contributed by atoms with Crippen LogP contribution in [0.25, 0.3) is 0 Å². The Morgan fingerprint density at radius 1 is 1.30 bits per heavy atom. The Morgan fingerprint density at radius 2 is 1.90 bits per heavy atom. The zero-order chi connectivity index (χ0) is 15.2. The SMILES string of the molecule is CCOC(=O)C(O)(CC)C(C)Cc1ccc(OC)cc1. The second kappa shape index (κ2) is 7.29. The molecule has 0 heterocycles. The van der Waals surface area contributed by atoms with Gasteiger partial charge in [-0.15, -0.1) is 0 Å². The van der Waals surface area contributed by atoms with Crippen molar-refractivity contribution in [2.24, 2.45) is 5.92 Å². The number of esters is 1. The molecular weight excluding hydrogens is 256 g/mol. The molecule has 1 rings (SSSR count). The first-order chi connectivity index (χ1) is 9.47. The Kier molecular flexibility index (Phi) is 6.02. The van der Waals surface area contributed by atoms with Crippen LogP contribution < -0.4 is 4.74 Å².